The highest BCUT2D eigenvalue weighted by Crippen LogP contribution is 2.31. The molecule has 118 valence electrons. The summed E-state index contributed by atoms with van der Waals surface area (Å²) in [5.41, 5.74) is -1.06. The Balaban J connectivity index is 3.49. The van der Waals surface area contributed by atoms with Crippen LogP contribution in [0.1, 0.15) is 24.5 Å². The average molecular weight is 320 g/mol. The minimum absolute atomic E-state index is 0.0656. The van der Waals surface area contributed by atoms with Crippen molar-refractivity contribution < 1.29 is 22.8 Å². The molecule has 1 rings (SSSR count). The maximum Gasteiger partial charge on any atom is 0.309 e. The Bertz CT molecular complexity index is 656. The van der Waals surface area contributed by atoms with E-state index in [0.717, 1.165) is 6.07 Å². The molecule has 9 heteroatoms. The number of hydrogen-bond donors (Lipinski definition) is 2. The lowest BCUT2D eigenvalue weighted by Gasteiger charge is -2.17. The van der Waals surface area contributed by atoms with Crippen LogP contribution in [0.15, 0.2) is 11.0 Å². The summed E-state index contributed by atoms with van der Waals surface area (Å²) >= 11 is 0. The van der Waals surface area contributed by atoms with Crippen LogP contribution in [0.2, 0.25) is 0 Å². The Kier molecular flexibility index (Phi) is 5.37. The molecule has 0 heterocycles. The SMILES string of the molecule is CCC(CO)NS(=O)(=O)c1c(C)cc(F)c([N+](=O)[O-])c1C. The predicted molar refractivity (Wildman–Crippen MR) is 74.0 cm³/mol. The molecule has 21 heavy (non-hydrogen) atoms. The van der Waals surface area contributed by atoms with Gasteiger partial charge in [-0.1, -0.05) is 6.92 Å². The Labute approximate surface area is 122 Å². The van der Waals surface area contributed by atoms with Crippen molar-refractivity contribution >= 4 is 15.7 Å². The zero-order valence-electron chi connectivity index (χ0n) is 11.9. The van der Waals surface area contributed by atoms with Gasteiger partial charge in [0.1, 0.15) is 0 Å². The van der Waals surface area contributed by atoms with Crippen molar-refractivity contribution in [3.63, 3.8) is 0 Å². The lowest BCUT2D eigenvalue weighted by Crippen LogP contribution is -2.37. The van der Waals surface area contributed by atoms with Crippen LogP contribution < -0.4 is 4.72 Å². The van der Waals surface area contributed by atoms with Crippen LogP contribution in [0.4, 0.5) is 10.1 Å². The lowest BCUT2D eigenvalue weighted by atomic mass is 10.1. The lowest BCUT2D eigenvalue weighted by molar-refractivity contribution is -0.388. The maximum atomic E-state index is 13.6. The van der Waals surface area contributed by atoms with Crippen molar-refractivity contribution in [1.29, 1.82) is 0 Å². The topological polar surface area (TPSA) is 110 Å². The van der Waals surface area contributed by atoms with Crippen molar-refractivity contribution in [2.45, 2.75) is 38.1 Å². The van der Waals surface area contributed by atoms with Gasteiger partial charge in [0.25, 0.3) is 0 Å². The molecular weight excluding hydrogens is 303 g/mol. The standard InChI is InChI=1S/C12H17FN2O5S/c1-4-9(6-16)14-21(19,20)12-7(2)5-10(13)11(8(12)3)15(17)18/h5,9,14,16H,4,6H2,1-3H3. The molecule has 0 bridgehead atoms. The first-order valence-electron chi connectivity index (χ1n) is 6.23. The second-order valence-electron chi connectivity index (χ2n) is 4.64. The Hall–Kier alpha value is -1.58. The highest BCUT2D eigenvalue weighted by molar-refractivity contribution is 7.89. The van der Waals surface area contributed by atoms with Crippen LogP contribution in [0.3, 0.4) is 0 Å². The van der Waals surface area contributed by atoms with Crippen LogP contribution in [-0.2, 0) is 10.0 Å². The predicted octanol–water partition coefficient (Wildman–Crippen LogP) is 1.40. The molecule has 1 aromatic carbocycles. The number of nitro groups is 1. The zero-order chi connectivity index (χ0) is 16.4. The first kappa shape index (κ1) is 17.5. The fourth-order valence-electron chi connectivity index (χ4n) is 2.07. The number of nitrogens with one attached hydrogen (secondary N) is 1. The molecule has 0 radical (unpaired) electrons. The Morgan fingerprint density at radius 3 is 2.48 bits per heavy atom. The molecule has 0 aliphatic heterocycles. The van der Waals surface area contributed by atoms with E-state index in [0.29, 0.717) is 6.42 Å². The van der Waals surface area contributed by atoms with Gasteiger partial charge in [0.15, 0.2) is 0 Å². The molecule has 1 unspecified atom stereocenters. The van der Waals surface area contributed by atoms with Crippen molar-refractivity contribution in [1.82, 2.24) is 4.72 Å². The molecular formula is C12H17FN2O5S. The molecule has 0 aliphatic carbocycles. The first-order chi connectivity index (χ1) is 9.65. The minimum Gasteiger partial charge on any atom is -0.395 e. The molecule has 1 aromatic rings. The number of rotatable bonds is 6. The van der Waals surface area contributed by atoms with E-state index in [1.807, 2.05) is 0 Å². The summed E-state index contributed by atoms with van der Waals surface area (Å²) in [5.74, 6) is -1.08. The molecule has 0 saturated carbocycles. The van der Waals surface area contributed by atoms with Crippen LogP contribution in [0, 0.1) is 29.8 Å². The van der Waals surface area contributed by atoms with Crippen LogP contribution in [-0.4, -0.2) is 31.1 Å². The number of aliphatic hydroxyl groups excluding tert-OH is 1. The molecule has 0 amide bonds. The number of halogens is 1. The summed E-state index contributed by atoms with van der Waals surface area (Å²) in [4.78, 5) is 9.60. The van der Waals surface area contributed by atoms with Crippen molar-refractivity contribution in [2.24, 2.45) is 0 Å². The van der Waals surface area contributed by atoms with Crippen molar-refractivity contribution in [3.05, 3.63) is 33.1 Å². The van der Waals surface area contributed by atoms with Crippen LogP contribution >= 0.6 is 0 Å². The number of benzene rings is 1. The summed E-state index contributed by atoms with van der Waals surface area (Å²) in [5, 5.41) is 19.9. The summed E-state index contributed by atoms with van der Waals surface area (Å²) in [6.45, 7) is 3.81. The number of aliphatic hydroxyl groups is 1. The van der Waals surface area contributed by atoms with E-state index >= 15 is 0 Å². The highest BCUT2D eigenvalue weighted by atomic mass is 32.2. The van der Waals surface area contributed by atoms with Gasteiger partial charge in [-0.2, -0.15) is 4.39 Å². The minimum atomic E-state index is -4.10. The largest absolute Gasteiger partial charge is 0.395 e. The van der Waals surface area contributed by atoms with E-state index in [4.69, 9.17) is 5.11 Å². The molecule has 0 fully saturated rings. The molecule has 0 aromatic heterocycles. The number of nitrogens with zero attached hydrogens (tertiary/aromatic N) is 1. The summed E-state index contributed by atoms with van der Waals surface area (Å²) < 4.78 is 40.5. The second-order valence-corrected chi connectivity index (χ2v) is 6.29. The molecule has 1 atom stereocenters. The first-order valence-corrected chi connectivity index (χ1v) is 7.71. The zero-order valence-corrected chi connectivity index (χ0v) is 12.7. The number of hydrogen-bond acceptors (Lipinski definition) is 5. The molecule has 0 aliphatic rings. The van der Waals surface area contributed by atoms with Gasteiger partial charge in [-0.15, -0.1) is 0 Å². The summed E-state index contributed by atoms with van der Waals surface area (Å²) in [6, 6.07) is 0.109. The molecule has 0 saturated heterocycles. The molecule has 7 nitrogen and oxygen atoms in total. The quantitative estimate of drug-likeness (QED) is 0.608. The number of sulfonamides is 1. The van der Waals surface area contributed by atoms with Gasteiger partial charge in [-0.3, -0.25) is 10.1 Å². The maximum absolute atomic E-state index is 13.6. The van der Waals surface area contributed by atoms with Gasteiger partial charge >= 0.3 is 5.69 Å². The van der Waals surface area contributed by atoms with E-state index in [-0.39, 0.29) is 16.0 Å². The number of aryl methyl sites for hydroxylation is 1. The van der Waals surface area contributed by atoms with Gasteiger partial charge < -0.3 is 5.11 Å². The Morgan fingerprint density at radius 2 is 2.05 bits per heavy atom. The van der Waals surface area contributed by atoms with E-state index in [1.54, 1.807) is 6.92 Å². The normalized spacial score (nSPS) is 13.2. The average Bonchev–Trinajstić information content (AvgIpc) is 2.34. The van der Waals surface area contributed by atoms with Gasteiger partial charge in [0.2, 0.25) is 15.8 Å². The number of nitro benzene ring substituents is 1. The van der Waals surface area contributed by atoms with Gasteiger partial charge in [-0.05, 0) is 31.9 Å². The third kappa shape index (κ3) is 3.55. The third-order valence-electron chi connectivity index (χ3n) is 3.11. The molecule has 2 N–H and O–H groups in total. The summed E-state index contributed by atoms with van der Waals surface area (Å²) in [6.07, 6.45) is 0.344. The molecule has 0 spiro atoms. The Morgan fingerprint density at radius 1 is 1.48 bits per heavy atom. The highest BCUT2D eigenvalue weighted by Gasteiger charge is 2.30. The monoisotopic (exact) mass is 320 g/mol. The summed E-state index contributed by atoms with van der Waals surface area (Å²) in [7, 11) is -4.10. The van der Waals surface area contributed by atoms with E-state index in [1.165, 1.54) is 13.8 Å². The van der Waals surface area contributed by atoms with Crippen molar-refractivity contribution in [3.8, 4) is 0 Å². The van der Waals surface area contributed by atoms with Gasteiger partial charge in [0, 0.05) is 6.04 Å². The van der Waals surface area contributed by atoms with E-state index in [9.17, 15) is 22.9 Å². The second kappa shape index (κ2) is 6.46. The van der Waals surface area contributed by atoms with Gasteiger partial charge in [-0.25, -0.2) is 13.1 Å². The van der Waals surface area contributed by atoms with Gasteiger partial charge in [0.05, 0.1) is 22.0 Å². The third-order valence-corrected chi connectivity index (χ3v) is 4.92. The van der Waals surface area contributed by atoms with Crippen LogP contribution in [0.5, 0.6) is 0 Å². The smallest absolute Gasteiger partial charge is 0.309 e. The van der Waals surface area contributed by atoms with Crippen LogP contribution in [0.25, 0.3) is 0 Å². The van der Waals surface area contributed by atoms with E-state index < -0.39 is 39.1 Å². The fourth-order valence-corrected chi connectivity index (χ4v) is 3.85. The van der Waals surface area contributed by atoms with E-state index in [2.05, 4.69) is 4.72 Å². The van der Waals surface area contributed by atoms with Crippen molar-refractivity contribution in [2.75, 3.05) is 6.61 Å². The fraction of sp³-hybridized carbons (Fsp3) is 0.500.